The molecule has 1 atom stereocenters. The third-order valence-electron chi connectivity index (χ3n) is 4.53. The summed E-state index contributed by atoms with van der Waals surface area (Å²) in [5, 5.41) is 0. The first-order valence-corrected chi connectivity index (χ1v) is 9.60. The van der Waals surface area contributed by atoms with Crippen molar-refractivity contribution >= 4 is 27.0 Å². The van der Waals surface area contributed by atoms with Crippen LogP contribution in [0.2, 0.25) is 0 Å². The number of carbonyl (C=O) groups is 1. The fraction of sp³-hybridized carbons (Fsp3) is 0.500. The molecule has 1 aromatic carbocycles. The monoisotopic (exact) mass is 367 g/mol. The molecule has 0 radical (unpaired) electrons. The third kappa shape index (κ3) is 3.09. The number of sulfonamides is 1. The Morgan fingerprint density at radius 1 is 1.36 bits per heavy atom. The molecule has 1 amide bonds. The molecular weight excluding hydrogens is 346 g/mol. The van der Waals surface area contributed by atoms with Crippen molar-refractivity contribution in [2.75, 3.05) is 13.1 Å². The number of hydrogen-bond donors (Lipinski definition) is 1. The van der Waals surface area contributed by atoms with Gasteiger partial charge >= 0.3 is 5.76 Å². The molecule has 8 nitrogen and oxygen atoms in total. The number of carbonyl (C=O) groups excluding carboxylic acids is 1. The predicted molar refractivity (Wildman–Crippen MR) is 91.5 cm³/mol. The summed E-state index contributed by atoms with van der Waals surface area (Å²) in [6.07, 6.45) is 1.17. The second-order valence-corrected chi connectivity index (χ2v) is 8.50. The molecule has 1 fully saturated rings. The van der Waals surface area contributed by atoms with Gasteiger partial charge in [0.05, 0.1) is 16.3 Å². The number of piperidine rings is 1. The molecule has 0 spiro atoms. The maximum absolute atomic E-state index is 12.9. The van der Waals surface area contributed by atoms with Crippen molar-refractivity contribution in [3.63, 3.8) is 0 Å². The van der Waals surface area contributed by atoms with Crippen molar-refractivity contribution in [2.24, 2.45) is 11.7 Å². The lowest BCUT2D eigenvalue weighted by Crippen LogP contribution is -2.44. The van der Waals surface area contributed by atoms with E-state index in [1.54, 1.807) is 6.07 Å². The molecule has 25 heavy (non-hydrogen) atoms. The normalized spacial score (nSPS) is 19.6. The van der Waals surface area contributed by atoms with E-state index in [0.717, 1.165) is 0 Å². The minimum atomic E-state index is -3.79. The molecule has 1 saturated heterocycles. The van der Waals surface area contributed by atoms with Gasteiger partial charge in [0, 0.05) is 25.2 Å². The Balaban J connectivity index is 2.00. The van der Waals surface area contributed by atoms with Crippen LogP contribution in [0.25, 0.3) is 11.1 Å². The average molecular weight is 367 g/mol. The van der Waals surface area contributed by atoms with E-state index < -0.39 is 27.6 Å². The standard InChI is InChI=1S/C16H21N3O5S/c1-10(2)19-13-6-5-12(8-14(13)24-16(19)21)25(22,23)18-7-3-4-11(9-18)15(17)20/h5-6,8,10-11H,3-4,7,9H2,1-2H3,(H2,17,20)/t11-/m0/s1. The summed E-state index contributed by atoms with van der Waals surface area (Å²) in [7, 11) is -3.79. The fourth-order valence-electron chi connectivity index (χ4n) is 3.21. The Morgan fingerprint density at radius 3 is 2.72 bits per heavy atom. The zero-order chi connectivity index (χ0) is 18.4. The van der Waals surface area contributed by atoms with Crippen LogP contribution in [-0.4, -0.2) is 36.3 Å². The van der Waals surface area contributed by atoms with Crippen molar-refractivity contribution in [3.05, 3.63) is 28.7 Å². The molecule has 136 valence electrons. The number of aromatic nitrogens is 1. The van der Waals surface area contributed by atoms with Gasteiger partial charge in [-0.25, -0.2) is 13.2 Å². The lowest BCUT2D eigenvalue weighted by molar-refractivity contribution is -0.122. The second-order valence-electron chi connectivity index (χ2n) is 6.57. The Bertz CT molecular complexity index is 973. The van der Waals surface area contributed by atoms with E-state index in [-0.39, 0.29) is 23.1 Å². The predicted octanol–water partition coefficient (Wildman–Crippen LogP) is 1.06. The third-order valence-corrected chi connectivity index (χ3v) is 6.39. The number of amides is 1. The fourth-order valence-corrected chi connectivity index (χ4v) is 4.75. The summed E-state index contributed by atoms with van der Waals surface area (Å²) in [5.74, 6) is -1.49. The Kier molecular flexibility index (Phi) is 4.46. The van der Waals surface area contributed by atoms with Gasteiger partial charge in [0.25, 0.3) is 0 Å². The van der Waals surface area contributed by atoms with Crippen LogP contribution < -0.4 is 11.5 Å². The zero-order valence-electron chi connectivity index (χ0n) is 14.1. The van der Waals surface area contributed by atoms with Gasteiger partial charge in [-0.15, -0.1) is 0 Å². The van der Waals surface area contributed by atoms with Gasteiger partial charge in [-0.2, -0.15) is 4.31 Å². The highest BCUT2D eigenvalue weighted by Crippen LogP contribution is 2.26. The van der Waals surface area contributed by atoms with Crippen LogP contribution in [0.5, 0.6) is 0 Å². The van der Waals surface area contributed by atoms with E-state index in [1.165, 1.54) is 21.0 Å². The summed E-state index contributed by atoms with van der Waals surface area (Å²) < 4.78 is 33.7. The van der Waals surface area contributed by atoms with Crippen molar-refractivity contribution in [2.45, 2.75) is 37.6 Å². The van der Waals surface area contributed by atoms with Gasteiger partial charge in [-0.05, 0) is 38.8 Å². The first-order valence-electron chi connectivity index (χ1n) is 8.16. The van der Waals surface area contributed by atoms with Crippen LogP contribution >= 0.6 is 0 Å². The number of nitrogens with two attached hydrogens (primary N) is 1. The number of hydrogen-bond acceptors (Lipinski definition) is 5. The second kappa shape index (κ2) is 6.30. The number of primary amides is 1. The highest BCUT2D eigenvalue weighted by Gasteiger charge is 2.32. The summed E-state index contributed by atoms with van der Waals surface area (Å²) >= 11 is 0. The summed E-state index contributed by atoms with van der Waals surface area (Å²) in [4.78, 5) is 23.4. The molecule has 3 rings (SSSR count). The molecule has 2 aromatic rings. The minimum absolute atomic E-state index is 0.0368. The quantitative estimate of drug-likeness (QED) is 0.867. The molecule has 2 heterocycles. The molecule has 2 N–H and O–H groups in total. The SMILES string of the molecule is CC(C)n1c(=O)oc2cc(S(=O)(=O)N3CCC[C@H](C(N)=O)C3)ccc21. The molecule has 0 bridgehead atoms. The van der Waals surface area contributed by atoms with Crippen molar-refractivity contribution in [1.82, 2.24) is 8.87 Å². The van der Waals surface area contributed by atoms with Crippen molar-refractivity contribution in [3.8, 4) is 0 Å². The van der Waals surface area contributed by atoms with Gasteiger partial charge in [0.15, 0.2) is 5.58 Å². The Morgan fingerprint density at radius 2 is 2.08 bits per heavy atom. The van der Waals surface area contributed by atoms with Crippen molar-refractivity contribution < 1.29 is 17.6 Å². The first kappa shape index (κ1) is 17.7. The van der Waals surface area contributed by atoms with E-state index in [0.29, 0.717) is 24.9 Å². The van der Waals surface area contributed by atoms with Crippen LogP contribution in [-0.2, 0) is 14.8 Å². The van der Waals surface area contributed by atoms with Gasteiger partial charge < -0.3 is 10.2 Å². The molecular formula is C16H21N3O5S. The van der Waals surface area contributed by atoms with E-state index in [4.69, 9.17) is 10.2 Å². The zero-order valence-corrected chi connectivity index (χ0v) is 15.0. The average Bonchev–Trinajstić information content (AvgIpc) is 2.89. The van der Waals surface area contributed by atoms with Crippen LogP contribution in [0.1, 0.15) is 32.7 Å². The smallest absolute Gasteiger partial charge is 0.408 e. The number of benzene rings is 1. The summed E-state index contributed by atoms with van der Waals surface area (Å²) in [5.41, 5.74) is 6.09. The Hall–Kier alpha value is -2.13. The summed E-state index contributed by atoms with van der Waals surface area (Å²) in [6, 6.07) is 4.29. The number of fused-ring (bicyclic) bond motifs is 1. The number of nitrogens with zero attached hydrogens (tertiary/aromatic N) is 2. The molecule has 1 aromatic heterocycles. The molecule has 1 aliphatic rings. The highest BCUT2D eigenvalue weighted by atomic mass is 32.2. The minimum Gasteiger partial charge on any atom is -0.408 e. The number of oxazole rings is 1. The largest absolute Gasteiger partial charge is 0.420 e. The van der Waals surface area contributed by atoms with Crippen molar-refractivity contribution in [1.29, 1.82) is 0 Å². The van der Waals surface area contributed by atoms with Gasteiger partial charge in [-0.1, -0.05) is 0 Å². The Labute approximate surface area is 145 Å². The van der Waals surface area contributed by atoms with E-state index in [9.17, 15) is 18.0 Å². The van der Waals surface area contributed by atoms with Gasteiger partial charge in [0.2, 0.25) is 15.9 Å². The topological polar surface area (TPSA) is 116 Å². The maximum atomic E-state index is 12.9. The lowest BCUT2D eigenvalue weighted by Gasteiger charge is -2.30. The first-order chi connectivity index (χ1) is 11.7. The van der Waals surface area contributed by atoms with Crippen LogP contribution in [0, 0.1) is 5.92 Å². The lowest BCUT2D eigenvalue weighted by atomic mass is 9.99. The highest BCUT2D eigenvalue weighted by molar-refractivity contribution is 7.89. The molecule has 9 heteroatoms. The number of rotatable bonds is 4. The maximum Gasteiger partial charge on any atom is 0.420 e. The van der Waals surface area contributed by atoms with Crippen LogP contribution in [0.4, 0.5) is 0 Å². The van der Waals surface area contributed by atoms with Gasteiger partial charge in [-0.3, -0.25) is 9.36 Å². The van der Waals surface area contributed by atoms with E-state index in [1.807, 2.05) is 13.8 Å². The summed E-state index contributed by atoms with van der Waals surface area (Å²) in [6.45, 7) is 4.10. The molecule has 0 saturated carbocycles. The van der Waals surface area contributed by atoms with Gasteiger partial charge in [0.1, 0.15) is 0 Å². The van der Waals surface area contributed by atoms with Crippen LogP contribution in [0.15, 0.2) is 32.3 Å². The van der Waals surface area contributed by atoms with Crippen LogP contribution in [0.3, 0.4) is 0 Å². The van der Waals surface area contributed by atoms with E-state index >= 15 is 0 Å². The van der Waals surface area contributed by atoms with E-state index in [2.05, 4.69) is 0 Å². The molecule has 0 unspecified atom stereocenters. The molecule has 0 aliphatic carbocycles. The molecule has 1 aliphatic heterocycles.